The van der Waals surface area contributed by atoms with E-state index >= 15 is 0 Å². The van der Waals surface area contributed by atoms with Crippen LogP contribution in [0.1, 0.15) is 0 Å². The number of rotatable bonds is 0. The minimum absolute atomic E-state index is 0.776. The van der Waals surface area contributed by atoms with Crippen LogP contribution in [0.3, 0.4) is 0 Å². The average molecular weight is 238 g/mol. The first-order valence-corrected chi connectivity index (χ1v) is 5.06. The Kier molecular flexibility index (Phi) is 1.44. The predicted molar refractivity (Wildman–Crippen MR) is 55.1 cm³/mol. The number of nitrogens with zero attached hydrogens (tertiary/aromatic N) is 1. The third kappa shape index (κ3) is 0.936. The van der Waals surface area contributed by atoms with Gasteiger partial charge in [0.1, 0.15) is 12.4 Å². The van der Waals surface area contributed by atoms with Gasteiger partial charge in [-0.15, -0.1) is 0 Å². The summed E-state index contributed by atoms with van der Waals surface area (Å²) < 4.78 is 8.94. The van der Waals surface area contributed by atoms with E-state index < -0.39 is 0 Å². The van der Waals surface area contributed by atoms with Crippen molar-refractivity contribution < 1.29 is 4.74 Å². The molecule has 0 fully saturated rings. The third-order valence-electron chi connectivity index (χ3n) is 2.42. The van der Waals surface area contributed by atoms with Crippen LogP contribution >= 0.6 is 15.9 Å². The molecule has 2 nitrogen and oxygen atoms in total. The number of benzene rings is 1. The molecule has 3 heteroatoms. The van der Waals surface area contributed by atoms with Gasteiger partial charge in [-0.3, -0.25) is 0 Å². The molecule has 0 atom stereocenters. The largest absolute Gasteiger partial charge is 0.490 e. The molecule has 1 aromatic carbocycles. The summed E-state index contributed by atoms with van der Waals surface area (Å²) in [6.07, 6.45) is 2.11. The van der Waals surface area contributed by atoms with Crippen LogP contribution in [0.2, 0.25) is 0 Å². The van der Waals surface area contributed by atoms with E-state index in [0.717, 1.165) is 23.4 Å². The second-order valence-electron chi connectivity index (χ2n) is 3.17. The molecule has 0 saturated carbocycles. The molecular formula is C10H8BrNO. The monoisotopic (exact) mass is 237 g/mol. The molecular weight excluding hydrogens is 230 g/mol. The van der Waals surface area contributed by atoms with Crippen LogP contribution in [0, 0.1) is 0 Å². The summed E-state index contributed by atoms with van der Waals surface area (Å²) >= 11 is 3.53. The van der Waals surface area contributed by atoms with E-state index in [0.29, 0.717) is 0 Å². The van der Waals surface area contributed by atoms with Gasteiger partial charge < -0.3 is 9.30 Å². The zero-order valence-electron chi connectivity index (χ0n) is 6.96. The van der Waals surface area contributed by atoms with Gasteiger partial charge in [-0.05, 0) is 18.2 Å². The molecule has 1 aliphatic rings. The number of ether oxygens (including phenoxy) is 1. The van der Waals surface area contributed by atoms with E-state index in [-0.39, 0.29) is 0 Å². The van der Waals surface area contributed by atoms with Crippen molar-refractivity contribution in [2.75, 3.05) is 6.61 Å². The number of hydrogen-bond donors (Lipinski definition) is 0. The lowest BCUT2D eigenvalue weighted by atomic mass is 10.2. The summed E-state index contributed by atoms with van der Waals surface area (Å²) in [6.45, 7) is 1.73. The highest BCUT2D eigenvalue weighted by molar-refractivity contribution is 9.10. The molecule has 0 N–H and O–H groups in total. The number of halogens is 1. The van der Waals surface area contributed by atoms with Crippen LogP contribution in [0.25, 0.3) is 10.9 Å². The summed E-state index contributed by atoms with van der Waals surface area (Å²) in [7, 11) is 0. The summed E-state index contributed by atoms with van der Waals surface area (Å²) in [6, 6.07) is 6.17. The van der Waals surface area contributed by atoms with Crippen LogP contribution in [-0.2, 0) is 6.54 Å². The number of aromatic nitrogens is 1. The lowest BCUT2D eigenvalue weighted by Crippen LogP contribution is -2.12. The van der Waals surface area contributed by atoms with Gasteiger partial charge in [-0.25, -0.2) is 0 Å². The topological polar surface area (TPSA) is 14.2 Å². The first-order chi connectivity index (χ1) is 6.36. The number of hydrogen-bond acceptors (Lipinski definition) is 1. The van der Waals surface area contributed by atoms with Crippen molar-refractivity contribution in [3.05, 3.63) is 28.9 Å². The van der Waals surface area contributed by atoms with Gasteiger partial charge in [0.25, 0.3) is 0 Å². The summed E-state index contributed by atoms with van der Waals surface area (Å²) in [5.41, 5.74) is 1.21. The second kappa shape index (κ2) is 2.51. The maximum atomic E-state index is 5.57. The van der Waals surface area contributed by atoms with Gasteiger partial charge in [0, 0.05) is 16.1 Å². The Labute approximate surface area is 84.2 Å². The fourth-order valence-corrected chi connectivity index (χ4v) is 2.27. The summed E-state index contributed by atoms with van der Waals surface area (Å²) in [4.78, 5) is 0. The molecule has 2 heterocycles. The Morgan fingerprint density at radius 2 is 2.23 bits per heavy atom. The van der Waals surface area contributed by atoms with Gasteiger partial charge in [-0.1, -0.05) is 15.9 Å². The van der Waals surface area contributed by atoms with Crippen LogP contribution in [0.15, 0.2) is 28.9 Å². The molecule has 0 radical (unpaired) electrons. The van der Waals surface area contributed by atoms with Crippen molar-refractivity contribution in [3.8, 4) is 5.75 Å². The Bertz CT molecular complexity index is 475. The molecule has 1 aromatic heterocycles. The van der Waals surface area contributed by atoms with Gasteiger partial charge in [0.2, 0.25) is 0 Å². The molecule has 3 rings (SSSR count). The molecule has 0 bridgehead atoms. The van der Waals surface area contributed by atoms with Gasteiger partial charge >= 0.3 is 0 Å². The molecule has 2 aromatic rings. The van der Waals surface area contributed by atoms with E-state index in [9.17, 15) is 0 Å². The Morgan fingerprint density at radius 3 is 3.15 bits per heavy atom. The predicted octanol–water partition coefficient (Wildman–Crippen LogP) is 2.80. The zero-order valence-corrected chi connectivity index (χ0v) is 8.54. The molecule has 0 aliphatic carbocycles. The normalized spacial score (nSPS) is 14.5. The van der Waals surface area contributed by atoms with E-state index in [1.807, 2.05) is 12.1 Å². The minimum atomic E-state index is 0.776. The maximum absolute atomic E-state index is 5.57. The SMILES string of the molecule is Brc1ccc2c3c1ccn3CCO2. The molecule has 1 aliphatic heterocycles. The molecule has 0 amide bonds. The highest BCUT2D eigenvalue weighted by atomic mass is 79.9. The van der Waals surface area contributed by atoms with Gasteiger partial charge in [-0.2, -0.15) is 0 Å². The molecule has 0 unspecified atom stereocenters. The standard InChI is InChI=1S/C10H8BrNO/c11-8-1-2-9-10-7(8)3-4-12(10)5-6-13-9/h1-4H,5-6H2. The molecule has 66 valence electrons. The highest BCUT2D eigenvalue weighted by Crippen LogP contribution is 2.34. The lowest BCUT2D eigenvalue weighted by Gasteiger charge is -2.17. The molecule has 0 spiro atoms. The average Bonchev–Trinajstić information content (AvgIpc) is 2.57. The Morgan fingerprint density at radius 1 is 1.31 bits per heavy atom. The van der Waals surface area contributed by atoms with Crippen molar-refractivity contribution in [2.24, 2.45) is 0 Å². The van der Waals surface area contributed by atoms with Crippen molar-refractivity contribution in [3.63, 3.8) is 0 Å². The highest BCUT2D eigenvalue weighted by Gasteiger charge is 2.14. The summed E-state index contributed by atoms with van der Waals surface area (Å²) in [5, 5.41) is 1.23. The van der Waals surface area contributed by atoms with Crippen molar-refractivity contribution in [1.82, 2.24) is 4.57 Å². The Balaban J connectivity index is 2.50. The first-order valence-electron chi connectivity index (χ1n) is 4.26. The van der Waals surface area contributed by atoms with Crippen LogP contribution in [0.5, 0.6) is 5.75 Å². The zero-order chi connectivity index (χ0) is 8.84. The van der Waals surface area contributed by atoms with Crippen molar-refractivity contribution in [1.29, 1.82) is 0 Å². The maximum Gasteiger partial charge on any atom is 0.143 e. The quantitative estimate of drug-likeness (QED) is 0.688. The van der Waals surface area contributed by atoms with E-state index in [1.165, 1.54) is 10.9 Å². The second-order valence-corrected chi connectivity index (χ2v) is 4.02. The van der Waals surface area contributed by atoms with Crippen molar-refractivity contribution in [2.45, 2.75) is 6.54 Å². The van der Waals surface area contributed by atoms with Crippen LogP contribution < -0.4 is 4.74 Å². The van der Waals surface area contributed by atoms with Crippen LogP contribution in [0.4, 0.5) is 0 Å². The third-order valence-corrected chi connectivity index (χ3v) is 3.12. The minimum Gasteiger partial charge on any atom is -0.490 e. The molecule has 0 saturated heterocycles. The first kappa shape index (κ1) is 7.44. The van der Waals surface area contributed by atoms with E-state index in [2.05, 4.69) is 32.8 Å². The van der Waals surface area contributed by atoms with Crippen molar-refractivity contribution >= 4 is 26.8 Å². The van der Waals surface area contributed by atoms with Crippen LogP contribution in [-0.4, -0.2) is 11.2 Å². The van der Waals surface area contributed by atoms with E-state index in [4.69, 9.17) is 4.74 Å². The smallest absolute Gasteiger partial charge is 0.143 e. The lowest BCUT2D eigenvalue weighted by molar-refractivity contribution is 0.287. The van der Waals surface area contributed by atoms with Gasteiger partial charge in [0.05, 0.1) is 12.1 Å². The Hall–Kier alpha value is -0.960. The van der Waals surface area contributed by atoms with Gasteiger partial charge in [0.15, 0.2) is 0 Å². The fourth-order valence-electron chi connectivity index (χ4n) is 1.81. The van der Waals surface area contributed by atoms with E-state index in [1.54, 1.807) is 0 Å². The summed E-state index contributed by atoms with van der Waals surface area (Å²) in [5.74, 6) is 0.995. The molecule has 13 heavy (non-hydrogen) atoms. The fraction of sp³-hybridized carbons (Fsp3) is 0.200.